The summed E-state index contributed by atoms with van der Waals surface area (Å²) in [5.41, 5.74) is 6.54. The molecule has 2 heterocycles. The summed E-state index contributed by atoms with van der Waals surface area (Å²) in [6, 6.07) is 13.3. The summed E-state index contributed by atoms with van der Waals surface area (Å²) in [6.07, 6.45) is 2.16. The van der Waals surface area contributed by atoms with Crippen molar-refractivity contribution < 1.29 is 19.4 Å². The van der Waals surface area contributed by atoms with Crippen LogP contribution in [-0.2, 0) is 16.1 Å². The fraction of sp³-hybridized carbons (Fsp3) is 0.344. The zero-order valence-electron chi connectivity index (χ0n) is 23.4. The van der Waals surface area contributed by atoms with E-state index in [2.05, 4.69) is 31.8 Å². The Bertz CT molecular complexity index is 1520. The molecule has 0 saturated carbocycles. The molecule has 0 aliphatic carbocycles. The van der Waals surface area contributed by atoms with E-state index < -0.39 is 0 Å². The average molecular weight is 526 g/mol. The van der Waals surface area contributed by atoms with Crippen LogP contribution in [0.15, 0.2) is 48.7 Å². The zero-order valence-corrected chi connectivity index (χ0v) is 23.4. The van der Waals surface area contributed by atoms with Crippen molar-refractivity contribution in [3.05, 3.63) is 76.7 Å². The molecular formula is C32H35N3O4. The van der Waals surface area contributed by atoms with Gasteiger partial charge in [-0.1, -0.05) is 31.9 Å². The Kier molecular flexibility index (Phi) is 8.55. The van der Waals surface area contributed by atoms with Gasteiger partial charge in [0.05, 0.1) is 18.9 Å². The molecule has 0 aliphatic rings. The number of phenolic OH excluding ortho intramolecular Hbond substituents is 1. The number of carbonyl (C=O) groups is 1. The van der Waals surface area contributed by atoms with Crippen molar-refractivity contribution in [1.82, 2.24) is 14.6 Å². The van der Waals surface area contributed by atoms with Gasteiger partial charge in [-0.15, -0.1) is 5.92 Å². The lowest BCUT2D eigenvalue weighted by Crippen LogP contribution is -2.09. The van der Waals surface area contributed by atoms with Crippen molar-refractivity contribution >= 4 is 11.6 Å². The highest BCUT2D eigenvalue weighted by atomic mass is 16.5. The summed E-state index contributed by atoms with van der Waals surface area (Å²) in [5.74, 6) is 7.43. The molecule has 1 N–H and O–H groups in total. The highest BCUT2D eigenvalue weighted by Gasteiger charge is 2.18. The molecule has 7 heteroatoms. The first-order valence-corrected chi connectivity index (χ1v) is 13.2. The predicted molar refractivity (Wildman–Crippen MR) is 152 cm³/mol. The number of phenols is 1. The van der Waals surface area contributed by atoms with Crippen LogP contribution >= 0.6 is 0 Å². The summed E-state index contributed by atoms with van der Waals surface area (Å²) in [7, 11) is 0. The van der Waals surface area contributed by atoms with Crippen molar-refractivity contribution in [1.29, 1.82) is 0 Å². The monoisotopic (exact) mass is 525 g/mol. The molecule has 0 saturated heterocycles. The van der Waals surface area contributed by atoms with Gasteiger partial charge < -0.3 is 14.6 Å². The number of esters is 1. The third-order valence-electron chi connectivity index (χ3n) is 6.49. The standard InChI is InChI=1S/C32H35N3O4/c1-7-9-25(17-29(37)38-8-2)24-10-12-27(13-11-24)39-19-23-16-28(30-21(5)14-26(36)15-22(30)6)32-33-31(20(3)4)34-35(32)18-23/h10-16,18,20,25,36H,8,17,19H2,1-6H3. The Morgan fingerprint density at radius 2 is 1.79 bits per heavy atom. The van der Waals surface area contributed by atoms with Crippen molar-refractivity contribution in [3.63, 3.8) is 0 Å². The Morgan fingerprint density at radius 3 is 2.41 bits per heavy atom. The molecule has 202 valence electrons. The normalized spacial score (nSPS) is 11.8. The maximum absolute atomic E-state index is 12.0. The van der Waals surface area contributed by atoms with Gasteiger partial charge in [-0.25, -0.2) is 9.50 Å². The van der Waals surface area contributed by atoms with E-state index >= 15 is 0 Å². The molecule has 2 aromatic carbocycles. The number of ether oxygens (including phenoxy) is 2. The molecule has 39 heavy (non-hydrogen) atoms. The van der Waals surface area contributed by atoms with Crippen LogP contribution in [0.25, 0.3) is 16.8 Å². The molecule has 1 atom stereocenters. The molecule has 0 fully saturated rings. The molecule has 0 aliphatic heterocycles. The van der Waals surface area contributed by atoms with E-state index in [1.165, 1.54) is 0 Å². The molecule has 7 nitrogen and oxygen atoms in total. The number of fused-ring (bicyclic) bond motifs is 1. The second-order valence-electron chi connectivity index (χ2n) is 9.92. The van der Waals surface area contributed by atoms with Crippen molar-refractivity contribution in [3.8, 4) is 34.5 Å². The quantitative estimate of drug-likeness (QED) is 0.199. The molecule has 4 rings (SSSR count). The third kappa shape index (κ3) is 6.40. The predicted octanol–water partition coefficient (Wildman–Crippen LogP) is 6.48. The van der Waals surface area contributed by atoms with E-state index in [-0.39, 0.29) is 30.0 Å². The van der Waals surface area contributed by atoms with Gasteiger partial charge in [0, 0.05) is 23.2 Å². The molecule has 2 aromatic heterocycles. The number of hydrogen-bond donors (Lipinski definition) is 1. The second kappa shape index (κ2) is 12.0. The van der Waals surface area contributed by atoms with Gasteiger partial charge in [0.1, 0.15) is 18.1 Å². The summed E-state index contributed by atoms with van der Waals surface area (Å²) < 4.78 is 13.1. The molecule has 4 aromatic rings. The molecule has 0 amide bonds. The van der Waals surface area contributed by atoms with Gasteiger partial charge in [-0.2, -0.15) is 5.10 Å². The van der Waals surface area contributed by atoms with Gasteiger partial charge in [-0.05, 0) is 80.3 Å². The van der Waals surface area contributed by atoms with E-state index in [1.807, 2.05) is 48.8 Å². The largest absolute Gasteiger partial charge is 0.508 e. The molecule has 0 bridgehead atoms. The Balaban J connectivity index is 1.62. The summed E-state index contributed by atoms with van der Waals surface area (Å²) in [5, 5.41) is 14.8. The van der Waals surface area contributed by atoms with Gasteiger partial charge in [0.25, 0.3) is 0 Å². The van der Waals surface area contributed by atoms with Crippen LogP contribution in [0.2, 0.25) is 0 Å². The van der Waals surface area contributed by atoms with Gasteiger partial charge in [-0.3, -0.25) is 4.79 Å². The fourth-order valence-electron chi connectivity index (χ4n) is 4.71. The van der Waals surface area contributed by atoms with Crippen molar-refractivity contribution in [2.45, 2.75) is 66.4 Å². The highest BCUT2D eigenvalue weighted by molar-refractivity contribution is 5.82. The van der Waals surface area contributed by atoms with Crippen molar-refractivity contribution in [2.24, 2.45) is 0 Å². The van der Waals surface area contributed by atoms with E-state index in [4.69, 9.17) is 19.6 Å². The minimum atomic E-state index is -0.260. The lowest BCUT2D eigenvalue weighted by atomic mass is 9.95. The van der Waals surface area contributed by atoms with Crippen LogP contribution in [0.5, 0.6) is 11.5 Å². The third-order valence-corrected chi connectivity index (χ3v) is 6.49. The minimum absolute atomic E-state index is 0.183. The van der Waals surface area contributed by atoms with E-state index in [1.54, 1.807) is 26.0 Å². The summed E-state index contributed by atoms with van der Waals surface area (Å²) in [4.78, 5) is 16.8. The Labute approximate surface area is 229 Å². The van der Waals surface area contributed by atoms with Crippen LogP contribution < -0.4 is 4.74 Å². The molecule has 0 spiro atoms. The number of rotatable bonds is 9. The number of benzene rings is 2. The van der Waals surface area contributed by atoms with Crippen LogP contribution in [0, 0.1) is 25.7 Å². The highest BCUT2D eigenvalue weighted by Crippen LogP contribution is 2.34. The topological polar surface area (TPSA) is 86.0 Å². The van der Waals surface area contributed by atoms with Gasteiger partial charge >= 0.3 is 5.97 Å². The van der Waals surface area contributed by atoms with Crippen LogP contribution in [0.1, 0.15) is 74.0 Å². The number of hydrogen-bond acceptors (Lipinski definition) is 6. The second-order valence-corrected chi connectivity index (χ2v) is 9.92. The van der Waals surface area contributed by atoms with Crippen molar-refractivity contribution in [2.75, 3.05) is 6.61 Å². The first kappa shape index (κ1) is 27.7. The zero-order chi connectivity index (χ0) is 28.1. The van der Waals surface area contributed by atoms with Crippen LogP contribution in [0.4, 0.5) is 0 Å². The number of nitrogens with zero attached hydrogens (tertiary/aromatic N) is 3. The van der Waals surface area contributed by atoms with E-state index in [0.717, 1.165) is 44.9 Å². The number of carbonyl (C=O) groups excluding carboxylic acids is 1. The van der Waals surface area contributed by atoms with E-state index in [9.17, 15) is 9.90 Å². The first-order chi connectivity index (χ1) is 18.7. The number of aromatic hydroxyl groups is 1. The SMILES string of the molecule is CC#CC(CC(=O)OCC)c1ccc(OCc2cc(-c3c(C)cc(O)cc3C)c3nc(C(C)C)nn3c2)cc1. The first-order valence-electron chi connectivity index (χ1n) is 13.2. The van der Waals surface area contributed by atoms with Crippen LogP contribution in [-0.4, -0.2) is 32.3 Å². The average Bonchev–Trinajstić information content (AvgIpc) is 3.32. The lowest BCUT2D eigenvalue weighted by molar-refractivity contribution is -0.143. The fourth-order valence-corrected chi connectivity index (χ4v) is 4.71. The minimum Gasteiger partial charge on any atom is -0.508 e. The Morgan fingerprint density at radius 1 is 1.10 bits per heavy atom. The number of aryl methyl sites for hydroxylation is 2. The molecule has 0 radical (unpaired) electrons. The molecular weight excluding hydrogens is 490 g/mol. The van der Waals surface area contributed by atoms with Gasteiger partial charge in [0.15, 0.2) is 11.5 Å². The van der Waals surface area contributed by atoms with Gasteiger partial charge in [0.2, 0.25) is 0 Å². The lowest BCUT2D eigenvalue weighted by Gasteiger charge is -2.14. The van der Waals surface area contributed by atoms with Crippen LogP contribution in [0.3, 0.4) is 0 Å². The summed E-state index contributed by atoms with van der Waals surface area (Å²) in [6.45, 7) is 12.4. The number of pyridine rings is 1. The maximum Gasteiger partial charge on any atom is 0.307 e. The Hall–Kier alpha value is -4.31. The smallest absolute Gasteiger partial charge is 0.307 e. The van der Waals surface area contributed by atoms with E-state index in [0.29, 0.717) is 19.0 Å². The summed E-state index contributed by atoms with van der Waals surface area (Å²) >= 11 is 0. The maximum atomic E-state index is 12.0. The number of aromatic nitrogens is 3. The molecule has 1 unspecified atom stereocenters.